The van der Waals surface area contributed by atoms with Crippen LogP contribution in [0.5, 0.6) is 17.2 Å². The fraction of sp³-hybridized carbons (Fsp3) is 0.118. The van der Waals surface area contributed by atoms with E-state index in [9.17, 15) is 4.79 Å². The largest absolute Gasteiger partial charge is 0.497 e. The maximum absolute atomic E-state index is 11.8. The van der Waals surface area contributed by atoms with Crippen molar-refractivity contribution in [2.24, 2.45) is 0 Å². The van der Waals surface area contributed by atoms with Crippen molar-refractivity contribution in [2.75, 3.05) is 14.2 Å². The van der Waals surface area contributed by atoms with Crippen LogP contribution in [0.3, 0.4) is 0 Å². The normalized spacial score (nSPS) is 10.4. The molecular formula is C17H16O4. The number of para-hydroxylation sites is 1. The molecule has 0 aliphatic heterocycles. The Morgan fingerprint density at radius 3 is 2.24 bits per heavy atom. The van der Waals surface area contributed by atoms with E-state index in [1.165, 1.54) is 6.08 Å². The van der Waals surface area contributed by atoms with Gasteiger partial charge in [-0.05, 0) is 36.4 Å². The summed E-state index contributed by atoms with van der Waals surface area (Å²) < 4.78 is 15.4. The van der Waals surface area contributed by atoms with E-state index in [-0.39, 0.29) is 0 Å². The van der Waals surface area contributed by atoms with E-state index in [1.54, 1.807) is 44.6 Å². The van der Waals surface area contributed by atoms with Crippen LogP contribution >= 0.6 is 0 Å². The number of hydrogen-bond donors (Lipinski definition) is 0. The van der Waals surface area contributed by atoms with E-state index in [2.05, 4.69) is 0 Å². The molecule has 0 aliphatic rings. The lowest BCUT2D eigenvalue weighted by Crippen LogP contribution is -2.03. The maximum atomic E-state index is 11.8. The Balaban J connectivity index is 2.02. The number of hydrogen-bond acceptors (Lipinski definition) is 4. The zero-order valence-corrected chi connectivity index (χ0v) is 11.9. The molecule has 0 radical (unpaired) electrons. The summed E-state index contributed by atoms with van der Waals surface area (Å²) in [4.78, 5) is 11.8. The van der Waals surface area contributed by atoms with Crippen LogP contribution < -0.4 is 14.2 Å². The van der Waals surface area contributed by atoms with E-state index in [0.29, 0.717) is 17.2 Å². The molecule has 0 saturated heterocycles. The highest BCUT2D eigenvalue weighted by Crippen LogP contribution is 2.19. The minimum absolute atomic E-state index is 0.453. The summed E-state index contributed by atoms with van der Waals surface area (Å²) in [7, 11) is 3.17. The van der Waals surface area contributed by atoms with Gasteiger partial charge in [-0.1, -0.05) is 18.2 Å². The van der Waals surface area contributed by atoms with Crippen molar-refractivity contribution < 1.29 is 19.0 Å². The first kappa shape index (κ1) is 14.7. The third kappa shape index (κ3) is 4.11. The third-order valence-corrected chi connectivity index (χ3v) is 2.82. The summed E-state index contributed by atoms with van der Waals surface area (Å²) in [6.07, 6.45) is 3.02. The van der Waals surface area contributed by atoms with Gasteiger partial charge >= 0.3 is 5.97 Å². The van der Waals surface area contributed by atoms with Crippen molar-refractivity contribution in [1.82, 2.24) is 0 Å². The first-order chi connectivity index (χ1) is 10.2. The van der Waals surface area contributed by atoms with Crippen LogP contribution in [-0.4, -0.2) is 20.2 Å². The Hall–Kier alpha value is -2.75. The predicted molar refractivity (Wildman–Crippen MR) is 80.7 cm³/mol. The second-order valence-electron chi connectivity index (χ2n) is 4.17. The van der Waals surface area contributed by atoms with Gasteiger partial charge in [0.15, 0.2) is 0 Å². The lowest BCUT2D eigenvalue weighted by atomic mass is 10.2. The minimum Gasteiger partial charge on any atom is -0.497 e. The molecule has 4 nitrogen and oxygen atoms in total. The molecule has 0 unspecified atom stereocenters. The predicted octanol–water partition coefficient (Wildman–Crippen LogP) is 3.32. The fourth-order valence-corrected chi connectivity index (χ4v) is 1.76. The Morgan fingerprint density at radius 1 is 0.905 bits per heavy atom. The van der Waals surface area contributed by atoms with Gasteiger partial charge in [0.2, 0.25) is 0 Å². The lowest BCUT2D eigenvalue weighted by Gasteiger charge is -2.04. The van der Waals surface area contributed by atoms with Gasteiger partial charge in [0, 0.05) is 11.6 Å². The average molecular weight is 284 g/mol. The summed E-state index contributed by atoms with van der Waals surface area (Å²) >= 11 is 0. The van der Waals surface area contributed by atoms with Gasteiger partial charge in [-0.3, -0.25) is 0 Å². The van der Waals surface area contributed by atoms with Gasteiger partial charge in [-0.15, -0.1) is 0 Å². The van der Waals surface area contributed by atoms with Gasteiger partial charge in [0.1, 0.15) is 17.2 Å². The van der Waals surface area contributed by atoms with Crippen LogP contribution in [0.2, 0.25) is 0 Å². The number of methoxy groups -OCH3 is 2. The highest BCUT2D eigenvalue weighted by molar-refractivity contribution is 5.89. The second-order valence-corrected chi connectivity index (χ2v) is 4.17. The standard InChI is InChI=1S/C17H16O4/c1-19-14-8-10-15(11-9-14)21-17(18)12-7-13-5-3-4-6-16(13)20-2/h3-12H,1-2H3/b12-7+. The van der Waals surface area contributed by atoms with E-state index < -0.39 is 5.97 Å². The van der Waals surface area contributed by atoms with Crippen molar-refractivity contribution in [2.45, 2.75) is 0 Å². The molecule has 0 amide bonds. The summed E-state index contributed by atoms with van der Waals surface area (Å²) in [5.74, 6) is 1.42. The Bertz CT molecular complexity index is 629. The molecule has 108 valence electrons. The molecule has 2 rings (SSSR count). The lowest BCUT2D eigenvalue weighted by molar-refractivity contribution is -0.128. The highest BCUT2D eigenvalue weighted by Gasteiger charge is 2.02. The molecule has 0 aliphatic carbocycles. The van der Waals surface area contributed by atoms with Gasteiger partial charge in [-0.2, -0.15) is 0 Å². The van der Waals surface area contributed by atoms with Gasteiger partial charge < -0.3 is 14.2 Å². The number of rotatable bonds is 5. The maximum Gasteiger partial charge on any atom is 0.336 e. The van der Waals surface area contributed by atoms with Crippen molar-refractivity contribution in [3.63, 3.8) is 0 Å². The van der Waals surface area contributed by atoms with E-state index >= 15 is 0 Å². The SMILES string of the molecule is COc1ccc(OC(=O)/C=C/c2ccccc2OC)cc1. The number of benzene rings is 2. The first-order valence-corrected chi connectivity index (χ1v) is 6.40. The number of carbonyl (C=O) groups is 1. The molecule has 4 heteroatoms. The molecule has 0 aromatic heterocycles. The molecule has 2 aromatic rings. The molecule has 0 fully saturated rings. The first-order valence-electron chi connectivity index (χ1n) is 6.40. The zero-order valence-electron chi connectivity index (χ0n) is 11.9. The smallest absolute Gasteiger partial charge is 0.336 e. The van der Waals surface area contributed by atoms with E-state index in [1.807, 2.05) is 24.3 Å². The van der Waals surface area contributed by atoms with Crippen LogP contribution in [-0.2, 0) is 4.79 Å². The van der Waals surface area contributed by atoms with Gasteiger partial charge in [-0.25, -0.2) is 4.79 Å². The Labute approximate surface area is 123 Å². The monoisotopic (exact) mass is 284 g/mol. The van der Waals surface area contributed by atoms with Crippen LogP contribution in [0.25, 0.3) is 6.08 Å². The summed E-state index contributed by atoms with van der Waals surface area (Å²) in [5, 5.41) is 0. The van der Waals surface area contributed by atoms with E-state index in [4.69, 9.17) is 14.2 Å². The Morgan fingerprint density at radius 2 is 1.57 bits per heavy atom. The molecule has 0 spiro atoms. The van der Waals surface area contributed by atoms with Crippen LogP contribution in [0.4, 0.5) is 0 Å². The minimum atomic E-state index is -0.453. The molecular weight excluding hydrogens is 268 g/mol. The highest BCUT2D eigenvalue weighted by atomic mass is 16.5. The van der Waals surface area contributed by atoms with Crippen LogP contribution in [0.15, 0.2) is 54.6 Å². The van der Waals surface area contributed by atoms with Crippen molar-refractivity contribution in [3.05, 3.63) is 60.2 Å². The van der Waals surface area contributed by atoms with Crippen molar-refractivity contribution in [3.8, 4) is 17.2 Å². The van der Waals surface area contributed by atoms with E-state index in [0.717, 1.165) is 5.56 Å². The summed E-state index contributed by atoms with van der Waals surface area (Å²) in [5.41, 5.74) is 0.812. The number of esters is 1. The quantitative estimate of drug-likeness (QED) is 0.480. The van der Waals surface area contributed by atoms with Gasteiger partial charge in [0.05, 0.1) is 14.2 Å². The Kier molecular flexibility index (Phi) is 4.99. The van der Waals surface area contributed by atoms with Crippen molar-refractivity contribution >= 4 is 12.0 Å². The average Bonchev–Trinajstić information content (AvgIpc) is 2.54. The molecule has 2 aromatic carbocycles. The third-order valence-electron chi connectivity index (χ3n) is 2.82. The molecule has 0 heterocycles. The summed E-state index contributed by atoms with van der Waals surface area (Å²) in [6.45, 7) is 0. The van der Waals surface area contributed by atoms with Crippen molar-refractivity contribution in [1.29, 1.82) is 0 Å². The molecule has 21 heavy (non-hydrogen) atoms. The topological polar surface area (TPSA) is 44.8 Å². The zero-order chi connectivity index (χ0) is 15.1. The second kappa shape index (κ2) is 7.14. The number of carbonyl (C=O) groups excluding carboxylic acids is 1. The van der Waals surface area contributed by atoms with Gasteiger partial charge in [0.25, 0.3) is 0 Å². The molecule has 0 N–H and O–H groups in total. The van der Waals surface area contributed by atoms with Crippen LogP contribution in [0, 0.1) is 0 Å². The molecule has 0 atom stereocenters. The fourth-order valence-electron chi connectivity index (χ4n) is 1.76. The molecule has 0 saturated carbocycles. The van der Waals surface area contributed by atoms with Crippen LogP contribution in [0.1, 0.15) is 5.56 Å². The number of ether oxygens (including phenoxy) is 3. The molecule has 0 bridgehead atoms. The summed E-state index contributed by atoms with van der Waals surface area (Å²) in [6, 6.07) is 14.2.